The highest BCUT2D eigenvalue weighted by Crippen LogP contribution is 1.98. The third-order valence-electron chi connectivity index (χ3n) is 0.738. The van der Waals surface area contributed by atoms with Gasteiger partial charge >= 0.3 is 0 Å². The summed E-state index contributed by atoms with van der Waals surface area (Å²) < 4.78 is 0. The normalized spacial score (nSPS) is 11.6. The molecule has 5 heteroatoms. The average molecular weight is 174 g/mol. The fraction of sp³-hybridized carbons (Fsp3) is 0.667. The van der Waals surface area contributed by atoms with E-state index in [1.54, 1.807) is 0 Å². The van der Waals surface area contributed by atoms with Gasteiger partial charge in [0.25, 0.3) is 0 Å². The number of thiocarbonyl (C=S) groups is 1. The van der Waals surface area contributed by atoms with E-state index in [2.05, 4.69) is 15.7 Å². The molecule has 0 aliphatic carbocycles. The van der Waals surface area contributed by atoms with Crippen LogP contribution in [0.25, 0.3) is 0 Å². The van der Waals surface area contributed by atoms with Crippen molar-refractivity contribution in [1.29, 1.82) is 0 Å². The van der Waals surface area contributed by atoms with Crippen molar-refractivity contribution < 1.29 is 0 Å². The van der Waals surface area contributed by atoms with Crippen LogP contribution in [-0.2, 0) is 0 Å². The molecule has 4 N–H and O–H groups in total. The second kappa shape index (κ2) is 4.25. The maximum absolute atomic E-state index is 4.95. The Hall–Kier alpha value is -0.680. The highest BCUT2D eigenvalue weighted by molar-refractivity contribution is 7.80. The molecule has 0 spiro atoms. The standard InChI is InChI=1S/C6H14N4S/c1-6(2,3)10-5(11)8-4-9-7/h4H,7H2,1-3H3,(H2,8,9,10,11). The molecule has 0 unspecified atom stereocenters. The fourth-order valence-electron chi connectivity index (χ4n) is 0.449. The van der Waals surface area contributed by atoms with Crippen LogP contribution in [0.3, 0.4) is 0 Å². The first kappa shape index (κ1) is 10.3. The Morgan fingerprint density at radius 1 is 1.55 bits per heavy atom. The Bertz CT molecular complexity index is 158. The maximum atomic E-state index is 4.95. The van der Waals surface area contributed by atoms with Gasteiger partial charge in [-0.2, -0.15) is 0 Å². The van der Waals surface area contributed by atoms with E-state index in [0.717, 1.165) is 0 Å². The summed E-state index contributed by atoms with van der Waals surface area (Å²) in [6.07, 6.45) is 1.33. The minimum atomic E-state index is -0.0526. The van der Waals surface area contributed by atoms with Crippen LogP contribution in [0.15, 0.2) is 4.99 Å². The second-order valence-electron chi connectivity index (χ2n) is 3.11. The molecule has 64 valence electrons. The van der Waals surface area contributed by atoms with Gasteiger partial charge in [-0.05, 0) is 33.0 Å². The third-order valence-corrected chi connectivity index (χ3v) is 0.946. The lowest BCUT2D eigenvalue weighted by molar-refractivity contribution is 0.513. The van der Waals surface area contributed by atoms with Crippen molar-refractivity contribution in [1.82, 2.24) is 10.7 Å². The first-order chi connectivity index (χ1) is 4.95. The highest BCUT2D eigenvalue weighted by Gasteiger charge is 2.09. The number of nitrogens with two attached hydrogens (primary N) is 1. The van der Waals surface area contributed by atoms with Crippen molar-refractivity contribution in [2.24, 2.45) is 10.8 Å². The van der Waals surface area contributed by atoms with Gasteiger partial charge in [0.1, 0.15) is 6.34 Å². The predicted octanol–water partition coefficient (Wildman–Crippen LogP) is 0.151. The van der Waals surface area contributed by atoms with Gasteiger partial charge in [-0.15, -0.1) is 0 Å². The van der Waals surface area contributed by atoms with Crippen molar-refractivity contribution in [3.05, 3.63) is 0 Å². The molecule has 0 heterocycles. The van der Waals surface area contributed by atoms with Crippen LogP contribution in [0.2, 0.25) is 0 Å². The molecule has 0 saturated carbocycles. The Morgan fingerprint density at radius 3 is 2.45 bits per heavy atom. The summed E-state index contributed by atoms with van der Waals surface area (Å²) in [5, 5.41) is 3.42. The second-order valence-corrected chi connectivity index (χ2v) is 3.49. The molecule has 0 fully saturated rings. The number of rotatable bonds is 1. The molecule has 0 rings (SSSR count). The number of nitrogens with zero attached hydrogens (tertiary/aromatic N) is 1. The molecule has 0 aliphatic heterocycles. The molecule has 0 aromatic rings. The molecular formula is C6H14N4S. The summed E-state index contributed by atoms with van der Waals surface area (Å²) in [6, 6.07) is 0. The van der Waals surface area contributed by atoms with Crippen molar-refractivity contribution >= 4 is 23.7 Å². The lowest BCUT2D eigenvalue weighted by Crippen LogP contribution is -2.39. The van der Waals surface area contributed by atoms with Crippen LogP contribution in [-0.4, -0.2) is 17.0 Å². The van der Waals surface area contributed by atoms with Crippen LogP contribution in [0, 0.1) is 0 Å². The molecule has 0 radical (unpaired) electrons. The van der Waals surface area contributed by atoms with Gasteiger partial charge in [0.15, 0.2) is 5.11 Å². The summed E-state index contributed by atoms with van der Waals surface area (Å²) in [5.74, 6) is 4.95. The van der Waals surface area contributed by atoms with Crippen LogP contribution in [0.1, 0.15) is 20.8 Å². The van der Waals surface area contributed by atoms with E-state index in [9.17, 15) is 0 Å². The number of hydrogen-bond donors (Lipinski definition) is 3. The molecule has 0 bridgehead atoms. The summed E-state index contributed by atoms with van der Waals surface area (Å²) >= 11 is 4.86. The molecule has 0 aromatic heterocycles. The first-order valence-electron chi connectivity index (χ1n) is 3.26. The van der Waals surface area contributed by atoms with Crippen molar-refractivity contribution in [3.63, 3.8) is 0 Å². The summed E-state index contributed by atoms with van der Waals surface area (Å²) in [5.41, 5.74) is 2.21. The zero-order chi connectivity index (χ0) is 8.91. The molecular weight excluding hydrogens is 160 g/mol. The van der Waals surface area contributed by atoms with Crippen molar-refractivity contribution in [2.75, 3.05) is 0 Å². The highest BCUT2D eigenvalue weighted by atomic mass is 32.1. The van der Waals surface area contributed by atoms with Gasteiger partial charge < -0.3 is 10.7 Å². The largest absolute Gasteiger partial charge is 0.356 e. The topological polar surface area (TPSA) is 62.4 Å². The van der Waals surface area contributed by atoms with Crippen molar-refractivity contribution in [2.45, 2.75) is 26.3 Å². The number of aliphatic imine (C=N–C) groups is 1. The molecule has 0 saturated heterocycles. The van der Waals surface area contributed by atoms with E-state index in [0.29, 0.717) is 5.11 Å². The quantitative estimate of drug-likeness (QED) is 0.174. The van der Waals surface area contributed by atoms with Gasteiger partial charge in [-0.1, -0.05) is 0 Å². The minimum absolute atomic E-state index is 0.0526. The number of hydrogen-bond acceptors (Lipinski definition) is 2. The van der Waals surface area contributed by atoms with Gasteiger partial charge in [-0.25, -0.2) is 10.8 Å². The molecule has 0 amide bonds. The van der Waals surface area contributed by atoms with Crippen LogP contribution in [0.5, 0.6) is 0 Å². The van der Waals surface area contributed by atoms with Crippen LogP contribution in [0.4, 0.5) is 0 Å². The number of hydrazine groups is 1. The summed E-state index contributed by atoms with van der Waals surface area (Å²) in [6.45, 7) is 6.01. The third kappa shape index (κ3) is 7.21. The molecule has 0 aromatic carbocycles. The molecule has 4 nitrogen and oxygen atoms in total. The smallest absolute Gasteiger partial charge is 0.194 e. The molecule has 11 heavy (non-hydrogen) atoms. The van der Waals surface area contributed by atoms with Gasteiger partial charge in [0, 0.05) is 5.54 Å². The lowest BCUT2D eigenvalue weighted by Gasteiger charge is -2.19. The zero-order valence-corrected chi connectivity index (χ0v) is 7.83. The molecule has 0 atom stereocenters. The van der Waals surface area contributed by atoms with Crippen molar-refractivity contribution in [3.8, 4) is 0 Å². The van der Waals surface area contributed by atoms with E-state index in [-0.39, 0.29) is 5.54 Å². The Balaban J connectivity index is 3.80. The van der Waals surface area contributed by atoms with E-state index in [1.807, 2.05) is 20.8 Å². The minimum Gasteiger partial charge on any atom is -0.356 e. The zero-order valence-electron chi connectivity index (χ0n) is 7.01. The lowest BCUT2D eigenvalue weighted by atomic mass is 10.1. The van der Waals surface area contributed by atoms with E-state index in [4.69, 9.17) is 18.1 Å². The Kier molecular flexibility index (Phi) is 3.99. The van der Waals surface area contributed by atoms with Gasteiger partial charge in [0.2, 0.25) is 0 Å². The Labute approximate surface area is 72.2 Å². The maximum Gasteiger partial charge on any atom is 0.194 e. The summed E-state index contributed by atoms with van der Waals surface area (Å²) in [7, 11) is 0. The van der Waals surface area contributed by atoms with Gasteiger partial charge in [-0.3, -0.25) is 0 Å². The number of nitrogens with one attached hydrogen (secondary N) is 2. The van der Waals surface area contributed by atoms with Gasteiger partial charge in [0.05, 0.1) is 0 Å². The summed E-state index contributed by atoms with van der Waals surface area (Å²) in [4.78, 5) is 3.79. The first-order valence-corrected chi connectivity index (χ1v) is 3.67. The average Bonchev–Trinajstić information content (AvgIpc) is 1.79. The van der Waals surface area contributed by atoms with Crippen LogP contribution < -0.4 is 16.6 Å². The van der Waals surface area contributed by atoms with E-state index < -0.39 is 0 Å². The van der Waals surface area contributed by atoms with E-state index >= 15 is 0 Å². The molecule has 0 aliphatic rings. The predicted molar refractivity (Wildman–Crippen MR) is 51.3 cm³/mol. The van der Waals surface area contributed by atoms with E-state index in [1.165, 1.54) is 6.34 Å². The Morgan fingerprint density at radius 2 is 2.09 bits per heavy atom. The SMILES string of the molecule is CC(C)(C)NC(=S)N=CNN. The fourth-order valence-corrected chi connectivity index (χ4v) is 0.808. The monoisotopic (exact) mass is 174 g/mol. The van der Waals surface area contributed by atoms with Crippen LogP contribution >= 0.6 is 12.2 Å².